The van der Waals surface area contributed by atoms with Crippen LogP contribution in [0.25, 0.3) is 0 Å². The summed E-state index contributed by atoms with van der Waals surface area (Å²) in [7, 11) is 0. The number of hydrogen-bond donors (Lipinski definition) is 1. The normalized spacial score (nSPS) is 23.5. The number of aliphatic hydroxyl groups is 1. The van der Waals surface area contributed by atoms with Crippen molar-refractivity contribution in [3.05, 3.63) is 29.3 Å². The second-order valence-corrected chi connectivity index (χ2v) is 6.66. The Labute approximate surface area is 128 Å². The fourth-order valence-electron chi connectivity index (χ4n) is 3.10. The highest BCUT2D eigenvalue weighted by atomic mass is 16.5. The molecule has 0 amide bonds. The largest absolute Gasteiger partial charge is 0.492 e. The molecule has 3 nitrogen and oxygen atoms in total. The lowest BCUT2D eigenvalue weighted by molar-refractivity contribution is 0.0304. The van der Waals surface area contributed by atoms with Gasteiger partial charge in [-0.2, -0.15) is 0 Å². The maximum Gasteiger partial charge on any atom is 0.119 e. The molecular weight excluding hydrogens is 262 g/mol. The first-order valence-electron chi connectivity index (χ1n) is 8.11. The highest BCUT2D eigenvalue weighted by molar-refractivity contribution is 5.36. The molecule has 2 rings (SSSR count). The molecule has 0 saturated carbocycles. The van der Waals surface area contributed by atoms with E-state index in [0.717, 1.165) is 31.8 Å². The zero-order chi connectivity index (χ0) is 15.4. The summed E-state index contributed by atoms with van der Waals surface area (Å²) in [6.45, 7) is 12.3. The van der Waals surface area contributed by atoms with Gasteiger partial charge in [-0.05, 0) is 48.4 Å². The van der Waals surface area contributed by atoms with Gasteiger partial charge >= 0.3 is 0 Å². The van der Waals surface area contributed by atoms with Gasteiger partial charge in [-0.15, -0.1) is 0 Å². The van der Waals surface area contributed by atoms with Gasteiger partial charge in [0, 0.05) is 19.6 Å². The fourth-order valence-corrected chi connectivity index (χ4v) is 3.10. The van der Waals surface area contributed by atoms with Crippen LogP contribution in [0.4, 0.5) is 0 Å². The summed E-state index contributed by atoms with van der Waals surface area (Å²) >= 11 is 0. The van der Waals surface area contributed by atoms with Crippen LogP contribution in [-0.2, 0) is 0 Å². The van der Waals surface area contributed by atoms with E-state index in [1.165, 1.54) is 11.1 Å². The third-order valence-electron chi connectivity index (χ3n) is 4.48. The zero-order valence-corrected chi connectivity index (χ0v) is 13.8. The Morgan fingerprint density at radius 2 is 2.14 bits per heavy atom. The van der Waals surface area contributed by atoms with E-state index in [9.17, 15) is 5.11 Å². The van der Waals surface area contributed by atoms with Crippen molar-refractivity contribution >= 4 is 0 Å². The maximum absolute atomic E-state index is 9.74. The van der Waals surface area contributed by atoms with Crippen LogP contribution in [-0.4, -0.2) is 42.4 Å². The minimum absolute atomic E-state index is 0.131. The molecule has 0 bridgehead atoms. The van der Waals surface area contributed by atoms with E-state index < -0.39 is 0 Å². The Balaban J connectivity index is 1.80. The predicted octanol–water partition coefficient (Wildman–Crippen LogP) is 3.20. The minimum atomic E-state index is -0.131. The molecular formula is C18H29NO2. The van der Waals surface area contributed by atoms with Crippen LogP contribution in [0.5, 0.6) is 5.75 Å². The molecule has 21 heavy (non-hydrogen) atoms. The van der Waals surface area contributed by atoms with E-state index in [1.807, 2.05) is 0 Å². The second kappa shape index (κ2) is 7.28. The molecule has 1 N–H and O–H groups in total. The Kier molecular flexibility index (Phi) is 5.65. The molecule has 0 aliphatic carbocycles. The highest BCUT2D eigenvalue weighted by Crippen LogP contribution is 2.23. The molecule has 2 unspecified atom stereocenters. The number of benzene rings is 1. The molecule has 0 radical (unpaired) electrons. The number of aryl methyl sites for hydroxylation is 1. The fraction of sp³-hybridized carbons (Fsp3) is 0.667. The second-order valence-electron chi connectivity index (χ2n) is 6.66. The summed E-state index contributed by atoms with van der Waals surface area (Å²) in [4.78, 5) is 2.38. The molecule has 118 valence electrons. The average Bonchev–Trinajstić information content (AvgIpc) is 2.42. The van der Waals surface area contributed by atoms with Crippen LogP contribution in [0.3, 0.4) is 0 Å². The molecule has 3 heteroatoms. The zero-order valence-electron chi connectivity index (χ0n) is 13.8. The quantitative estimate of drug-likeness (QED) is 0.904. The van der Waals surface area contributed by atoms with E-state index in [-0.39, 0.29) is 6.10 Å². The van der Waals surface area contributed by atoms with Gasteiger partial charge in [-0.25, -0.2) is 0 Å². The number of ether oxygens (including phenoxy) is 1. The maximum atomic E-state index is 9.74. The summed E-state index contributed by atoms with van der Waals surface area (Å²) < 4.78 is 5.88. The Hall–Kier alpha value is -1.06. The highest BCUT2D eigenvalue weighted by Gasteiger charge is 2.23. The van der Waals surface area contributed by atoms with E-state index in [0.29, 0.717) is 18.4 Å². The molecule has 0 spiro atoms. The van der Waals surface area contributed by atoms with Crippen molar-refractivity contribution in [3.63, 3.8) is 0 Å². The van der Waals surface area contributed by atoms with Gasteiger partial charge in [-0.1, -0.05) is 26.8 Å². The Morgan fingerprint density at radius 3 is 2.76 bits per heavy atom. The van der Waals surface area contributed by atoms with Crippen LogP contribution >= 0.6 is 0 Å². The van der Waals surface area contributed by atoms with Crippen molar-refractivity contribution in [1.29, 1.82) is 0 Å². The number of nitrogens with zero attached hydrogens (tertiary/aromatic N) is 1. The van der Waals surface area contributed by atoms with E-state index >= 15 is 0 Å². The SMILES string of the molecule is Cc1cc(OCCN2CCC(O)C(C)C2)ccc1C(C)C. The third kappa shape index (κ3) is 4.45. The van der Waals surface area contributed by atoms with Gasteiger partial charge in [0.2, 0.25) is 0 Å². The lowest BCUT2D eigenvalue weighted by atomic mass is 9.97. The van der Waals surface area contributed by atoms with Crippen LogP contribution in [0.2, 0.25) is 0 Å². The van der Waals surface area contributed by atoms with Gasteiger partial charge < -0.3 is 9.84 Å². The van der Waals surface area contributed by atoms with Gasteiger partial charge in [-0.3, -0.25) is 4.90 Å². The van der Waals surface area contributed by atoms with Crippen molar-refractivity contribution in [2.75, 3.05) is 26.2 Å². The number of rotatable bonds is 5. The summed E-state index contributed by atoms with van der Waals surface area (Å²) in [5.74, 6) is 1.88. The summed E-state index contributed by atoms with van der Waals surface area (Å²) in [5.41, 5.74) is 2.69. The average molecular weight is 291 g/mol. The molecule has 1 aromatic carbocycles. The molecule has 2 atom stereocenters. The smallest absolute Gasteiger partial charge is 0.119 e. The third-order valence-corrected chi connectivity index (χ3v) is 4.48. The standard InChI is InChI=1S/C18H29NO2/c1-13(2)17-6-5-16(11-14(17)3)21-10-9-19-8-7-18(20)15(4)12-19/h5-6,11,13,15,18,20H,7-10,12H2,1-4H3. The first-order chi connectivity index (χ1) is 9.97. The van der Waals surface area contributed by atoms with Gasteiger partial charge in [0.1, 0.15) is 12.4 Å². The van der Waals surface area contributed by atoms with Crippen molar-refractivity contribution in [1.82, 2.24) is 4.90 Å². The minimum Gasteiger partial charge on any atom is -0.492 e. The summed E-state index contributed by atoms with van der Waals surface area (Å²) in [5, 5.41) is 9.74. The van der Waals surface area contributed by atoms with Crippen molar-refractivity contribution in [3.8, 4) is 5.75 Å². The first-order valence-corrected chi connectivity index (χ1v) is 8.11. The van der Waals surface area contributed by atoms with Crippen LogP contribution in [0.1, 0.15) is 44.2 Å². The van der Waals surface area contributed by atoms with Gasteiger partial charge in [0.05, 0.1) is 6.10 Å². The number of piperidine rings is 1. The van der Waals surface area contributed by atoms with Crippen LogP contribution < -0.4 is 4.74 Å². The van der Waals surface area contributed by atoms with Crippen molar-refractivity contribution < 1.29 is 9.84 Å². The van der Waals surface area contributed by atoms with Crippen molar-refractivity contribution in [2.45, 2.75) is 46.1 Å². The van der Waals surface area contributed by atoms with Gasteiger partial charge in [0.25, 0.3) is 0 Å². The molecule has 1 aliphatic heterocycles. The lowest BCUT2D eigenvalue weighted by Gasteiger charge is -2.34. The molecule has 0 aromatic heterocycles. The summed E-state index contributed by atoms with van der Waals surface area (Å²) in [6, 6.07) is 6.39. The summed E-state index contributed by atoms with van der Waals surface area (Å²) in [6.07, 6.45) is 0.747. The van der Waals surface area contributed by atoms with E-state index in [4.69, 9.17) is 4.74 Å². The van der Waals surface area contributed by atoms with Crippen molar-refractivity contribution in [2.24, 2.45) is 5.92 Å². The molecule has 1 heterocycles. The molecule has 1 fully saturated rings. The predicted molar refractivity (Wildman–Crippen MR) is 87.0 cm³/mol. The Morgan fingerprint density at radius 1 is 1.38 bits per heavy atom. The van der Waals surface area contributed by atoms with Gasteiger partial charge in [0.15, 0.2) is 0 Å². The molecule has 1 aliphatic rings. The van der Waals surface area contributed by atoms with Crippen LogP contribution in [0, 0.1) is 12.8 Å². The van der Waals surface area contributed by atoms with Crippen LogP contribution in [0.15, 0.2) is 18.2 Å². The molecule has 1 aromatic rings. The topological polar surface area (TPSA) is 32.7 Å². The lowest BCUT2D eigenvalue weighted by Crippen LogP contribution is -2.43. The van der Waals surface area contributed by atoms with E-state index in [2.05, 4.69) is 50.8 Å². The number of aliphatic hydroxyl groups excluding tert-OH is 1. The first kappa shape index (κ1) is 16.3. The number of likely N-dealkylation sites (tertiary alicyclic amines) is 1. The molecule has 1 saturated heterocycles. The monoisotopic (exact) mass is 291 g/mol. The van der Waals surface area contributed by atoms with E-state index in [1.54, 1.807) is 0 Å². The Bertz CT molecular complexity index is 459. The number of hydrogen-bond acceptors (Lipinski definition) is 3.